The molecule has 1 aromatic rings. The summed E-state index contributed by atoms with van der Waals surface area (Å²) in [7, 11) is 0. The molecule has 2 rings (SSSR count). The number of β-amino-alcohol motifs (C(OH)–C–C–N with tert-alkyl or cyclic N) is 1. The van der Waals surface area contributed by atoms with Gasteiger partial charge >= 0.3 is 0 Å². The summed E-state index contributed by atoms with van der Waals surface area (Å²) in [6, 6.07) is 2.07. The Balaban J connectivity index is 2.27. The second-order valence-electron chi connectivity index (χ2n) is 3.85. The number of rotatable bonds is 3. The van der Waals surface area contributed by atoms with Crippen LogP contribution in [0.2, 0.25) is 0 Å². The van der Waals surface area contributed by atoms with Crippen molar-refractivity contribution >= 4 is 29.0 Å². The molecule has 1 fully saturated rings. The highest BCUT2D eigenvalue weighted by Gasteiger charge is 2.39. The molecule has 2 atom stereocenters. The monoisotopic (exact) mass is 257 g/mol. The van der Waals surface area contributed by atoms with E-state index in [-0.39, 0.29) is 23.1 Å². The third kappa shape index (κ3) is 1.99. The van der Waals surface area contributed by atoms with Gasteiger partial charge in [0, 0.05) is 11.4 Å². The maximum absolute atomic E-state index is 11.9. The predicted molar refractivity (Wildman–Crippen MR) is 67.6 cm³/mol. The van der Waals surface area contributed by atoms with Crippen LogP contribution < -0.4 is 0 Å². The zero-order valence-corrected chi connectivity index (χ0v) is 11.0. The Hall–Kier alpha value is -0.520. The van der Waals surface area contributed by atoms with Crippen LogP contribution in [-0.2, 0) is 4.79 Å². The fraction of sp³-hybridized carbons (Fsp3) is 0.545. The first-order valence-corrected chi connectivity index (χ1v) is 7.08. The molecule has 3 nitrogen and oxygen atoms in total. The van der Waals surface area contributed by atoms with Gasteiger partial charge in [-0.3, -0.25) is 4.79 Å². The van der Waals surface area contributed by atoms with E-state index >= 15 is 0 Å². The van der Waals surface area contributed by atoms with Gasteiger partial charge in [0.15, 0.2) is 0 Å². The molecule has 16 heavy (non-hydrogen) atoms. The van der Waals surface area contributed by atoms with Crippen molar-refractivity contribution in [1.29, 1.82) is 0 Å². The highest BCUT2D eigenvalue weighted by atomic mass is 32.2. The molecular weight excluding hydrogens is 242 g/mol. The largest absolute Gasteiger partial charge is 0.395 e. The predicted octanol–water partition coefficient (Wildman–Crippen LogP) is 2.01. The number of carbonyl (C=O) groups excluding carboxylic acids is 1. The number of hydrogen-bond acceptors (Lipinski definition) is 4. The topological polar surface area (TPSA) is 40.5 Å². The molecule has 0 aliphatic carbocycles. The Morgan fingerprint density at radius 2 is 2.31 bits per heavy atom. The highest BCUT2D eigenvalue weighted by Crippen LogP contribution is 2.45. The summed E-state index contributed by atoms with van der Waals surface area (Å²) in [6.45, 7) is 4.45. The molecule has 0 aromatic carbocycles. The quantitative estimate of drug-likeness (QED) is 0.900. The number of aliphatic hydroxyl groups excluding tert-OH is 1. The van der Waals surface area contributed by atoms with Crippen molar-refractivity contribution in [3.05, 3.63) is 21.9 Å². The molecule has 0 unspecified atom stereocenters. The van der Waals surface area contributed by atoms with Crippen molar-refractivity contribution in [2.24, 2.45) is 0 Å². The van der Waals surface area contributed by atoms with Crippen LogP contribution in [0.3, 0.4) is 0 Å². The minimum Gasteiger partial charge on any atom is -0.395 e. The van der Waals surface area contributed by atoms with E-state index in [4.69, 9.17) is 5.11 Å². The number of amides is 1. The molecule has 1 aliphatic rings. The Kier molecular flexibility index (Phi) is 3.56. The normalized spacial score (nSPS) is 25.4. The molecular formula is C11H15NO2S2. The molecule has 1 aromatic heterocycles. The minimum absolute atomic E-state index is 0.00181. The van der Waals surface area contributed by atoms with Crippen LogP contribution >= 0.6 is 23.1 Å². The molecule has 1 N–H and O–H groups in total. The maximum atomic E-state index is 11.9. The van der Waals surface area contributed by atoms with Crippen LogP contribution in [0.1, 0.15) is 22.7 Å². The standard InChI is InChI=1S/C11H15NO2S2/c1-7-3-6-15-9(7)11-12(4-5-13)10(14)8(2)16-11/h3,6,8,11,13H,4-5H2,1-2H3/t8-,11+/m0/s1. The van der Waals surface area contributed by atoms with E-state index in [1.165, 1.54) is 10.4 Å². The van der Waals surface area contributed by atoms with E-state index in [1.807, 2.05) is 6.92 Å². The average Bonchev–Trinajstić information content (AvgIpc) is 2.77. The van der Waals surface area contributed by atoms with Gasteiger partial charge in [0.1, 0.15) is 5.37 Å². The number of carbonyl (C=O) groups is 1. The lowest BCUT2D eigenvalue weighted by atomic mass is 10.2. The third-order valence-corrected chi connectivity index (χ3v) is 5.29. The van der Waals surface area contributed by atoms with Crippen LogP contribution in [0.25, 0.3) is 0 Å². The number of nitrogens with zero attached hydrogens (tertiary/aromatic N) is 1. The van der Waals surface area contributed by atoms with Crippen LogP contribution in [0, 0.1) is 6.92 Å². The van der Waals surface area contributed by atoms with E-state index in [9.17, 15) is 4.79 Å². The lowest BCUT2D eigenvalue weighted by Crippen LogP contribution is -2.32. The van der Waals surface area contributed by atoms with Crippen molar-refractivity contribution in [3.8, 4) is 0 Å². The number of aryl methyl sites for hydroxylation is 1. The van der Waals surface area contributed by atoms with E-state index in [0.29, 0.717) is 6.54 Å². The molecule has 1 amide bonds. The summed E-state index contributed by atoms with van der Waals surface area (Å²) in [5.41, 5.74) is 1.23. The lowest BCUT2D eigenvalue weighted by Gasteiger charge is -2.22. The summed E-state index contributed by atoms with van der Waals surface area (Å²) >= 11 is 3.35. The van der Waals surface area contributed by atoms with Crippen molar-refractivity contribution in [1.82, 2.24) is 4.90 Å². The SMILES string of the molecule is Cc1ccsc1[C@H]1S[C@@H](C)C(=O)N1CCO. The Morgan fingerprint density at radius 1 is 1.56 bits per heavy atom. The maximum Gasteiger partial charge on any atom is 0.236 e. The number of aliphatic hydroxyl groups is 1. The summed E-state index contributed by atoms with van der Waals surface area (Å²) < 4.78 is 0. The molecule has 0 radical (unpaired) electrons. The van der Waals surface area contributed by atoms with E-state index in [1.54, 1.807) is 28.0 Å². The third-order valence-electron chi connectivity index (χ3n) is 2.71. The second kappa shape index (κ2) is 4.77. The number of hydrogen-bond donors (Lipinski definition) is 1. The van der Waals surface area contributed by atoms with Crippen LogP contribution in [0.15, 0.2) is 11.4 Å². The van der Waals surface area contributed by atoms with Gasteiger partial charge in [-0.05, 0) is 30.9 Å². The van der Waals surface area contributed by atoms with Crippen LogP contribution in [0.4, 0.5) is 0 Å². The van der Waals surface area contributed by atoms with Crippen LogP contribution in [0.5, 0.6) is 0 Å². The van der Waals surface area contributed by atoms with Gasteiger partial charge in [-0.2, -0.15) is 0 Å². The molecule has 1 saturated heterocycles. The zero-order valence-electron chi connectivity index (χ0n) is 9.34. The second-order valence-corrected chi connectivity index (χ2v) is 6.23. The van der Waals surface area contributed by atoms with Crippen molar-refractivity contribution in [2.45, 2.75) is 24.5 Å². The fourth-order valence-corrected chi connectivity index (χ4v) is 4.40. The van der Waals surface area contributed by atoms with Crippen molar-refractivity contribution < 1.29 is 9.90 Å². The van der Waals surface area contributed by atoms with Gasteiger partial charge < -0.3 is 10.0 Å². The molecule has 0 bridgehead atoms. The molecule has 0 saturated carbocycles. The van der Waals surface area contributed by atoms with Crippen molar-refractivity contribution in [2.75, 3.05) is 13.2 Å². The summed E-state index contributed by atoms with van der Waals surface area (Å²) in [4.78, 5) is 14.9. The molecule has 5 heteroatoms. The van der Waals surface area contributed by atoms with Gasteiger partial charge in [-0.1, -0.05) is 0 Å². The van der Waals surface area contributed by atoms with Gasteiger partial charge in [0.2, 0.25) is 5.91 Å². The van der Waals surface area contributed by atoms with E-state index in [2.05, 4.69) is 18.4 Å². The number of thioether (sulfide) groups is 1. The van der Waals surface area contributed by atoms with Gasteiger partial charge in [-0.25, -0.2) is 0 Å². The minimum atomic E-state index is -0.00181. The molecule has 0 spiro atoms. The van der Waals surface area contributed by atoms with E-state index in [0.717, 1.165) is 0 Å². The summed E-state index contributed by atoms with van der Waals surface area (Å²) in [5.74, 6) is 0.136. The first-order valence-electron chi connectivity index (χ1n) is 5.26. The first kappa shape index (κ1) is 12.0. The van der Waals surface area contributed by atoms with Gasteiger partial charge in [0.25, 0.3) is 0 Å². The van der Waals surface area contributed by atoms with E-state index < -0.39 is 0 Å². The fourth-order valence-electron chi connectivity index (χ4n) is 1.85. The van der Waals surface area contributed by atoms with Gasteiger partial charge in [0.05, 0.1) is 11.9 Å². The summed E-state index contributed by atoms with van der Waals surface area (Å²) in [5, 5.41) is 11.2. The molecule has 2 heterocycles. The Morgan fingerprint density at radius 3 is 2.88 bits per heavy atom. The van der Waals surface area contributed by atoms with Gasteiger partial charge in [-0.15, -0.1) is 23.1 Å². The Labute approximate surface area is 103 Å². The first-order chi connectivity index (χ1) is 7.65. The highest BCUT2D eigenvalue weighted by molar-refractivity contribution is 8.01. The Bertz CT molecular complexity index is 391. The molecule has 1 aliphatic heterocycles. The molecule has 88 valence electrons. The summed E-state index contributed by atoms with van der Waals surface area (Å²) in [6.07, 6.45) is 0. The number of thiophene rings is 1. The van der Waals surface area contributed by atoms with Crippen molar-refractivity contribution in [3.63, 3.8) is 0 Å². The average molecular weight is 257 g/mol. The lowest BCUT2D eigenvalue weighted by molar-refractivity contribution is -0.130. The smallest absolute Gasteiger partial charge is 0.236 e. The zero-order chi connectivity index (χ0) is 11.7. The van der Waals surface area contributed by atoms with Crippen LogP contribution in [-0.4, -0.2) is 34.3 Å².